The molecule has 6 heteroatoms. The molecule has 3 aromatic heterocycles. The highest BCUT2D eigenvalue weighted by Crippen LogP contribution is 2.40. The second-order valence-electron chi connectivity index (χ2n) is 5.56. The fourth-order valence-electron chi connectivity index (χ4n) is 2.44. The maximum atomic E-state index is 12.2. The van der Waals surface area contributed by atoms with E-state index in [2.05, 4.69) is 15.5 Å². The first-order valence-electron chi connectivity index (χ1n) is 7.54. The van der Waals surface area contributed by atoms with Crippen molar-refractivity contribution in [1.82, 2.24) is 15.5 Å². The van der Waals surface area contributed by atoms with Gasteiger partial charge in [-0.3, -0.25) is 9.78 Å². The second kappa shape index (κ2) is 5.72. The van der Waals surface area contributed by atoms with E-state index < -0.39 is 0 Å². The van der Waals surface area contributed by atoms with Crippen LogP contribution in [0.4, 0.5) is 0 Å². The third kappa shape index (κ3) is 2.88. The number of rotatable bonds is 5. The minimum atomic E-state index is -0.255. The standard InChI is InChI=1S/C17H15N3O3/c21-17(13-9-15(23-20-13)11-5-6-11)19-10-12-3-1-7-18-16(12)14-4-2-8-22-14/h1-4,7-9,11H,5-6,10H2,(H,19,21). The molecule has 4 rings (SSSR count). The van der Waals surface area contributed by atoms with Crippen LogP contribution in [-0.4, -0.2) is 16.0 Å². The van der Waals surface area contributed by atoms with Crippen molar-refractivity contribution in [3.8, 4) is 11.5 Å². The summed E-state index contributed by atoms with van der Waals surface area (Å²) in [5, 5.41) is 6.69. The van der Waals surface area contributed by atoms with Crippen LogP contribution < -0.4 is 5.32 Å². The number of furan rings is 1. The normalized spacial score (nSPS) is 13.9. The number of carbonyl (C=O) groups excluding carboxylic acids is 1. The minimum Gasteiger partial charge on any atom is -0.463 e. The Balaban J connectivity index is 1.47. The zero-order chi connectivity index (χ0) is 15.6. The van der Waals surface area contributed by atoms with Gasteiger partial charge in [0.05, 0.1) is 6.26 Å². The average Bonchev–Trinajstić information content (AvgIpc) is 3.10. The van der Waals surface area contributed by atoms with Gasteiger partial charge in [-0.25, -0.2) is 0 Å². The molecule has 1 aliphatic rings. The molecule has 0 aromatic carbocycles. The van der Waals surface area contributed by atoms with E-state index in [0.29, 0.717) is 23.9 Å². The van der Waals surface area contributed by atoms with Gasteiger partial charge in [0.15, 0.2) is 11.5 Å². The van der Waals surface area contributed by atoms with Gasteiger partial charge in [0.2, 0.25) is 0 Å². The maximum absolute atomic E-state index is 12.2. The summed E-state index contributed by atoms with van der Waals surface area (Å²) in [6.45, 7) is 0.342. The van der Waals surface area contributed by atoms with E-state index in [4.69, 9.17) is 8.94 Å². The van der Waals surface area contributed by atoms with Crippen LogP contribution in [0.3, 0.4) is 0 Å². The smallest absolute Gasteiger partial charge is 0.273 e. The van der Waals surface area contributed by atoms with Crippen LogP contribution >= 0.6 is 0 Å². The zero-order valence-corrected chi connectivity index (χ0v) is 12.4. The summed E-state index contributed by atoms with van der Waals surface area (Å²) in [5.74, 6) is 1.66. The van der Waals surface area contributed by atoms with Crippen LogP contribution in [0.1, 0.15) is 40.6 Å². The Morgan fingerprint density at radius 3 is 3.00 bits per heavy atom. The first-order valence-corrected chi connectivity index (χ1v) is 7.54. The molecule has 116 valence electrons. The largest absolute Gasteiger partial charge is 0.463 e. The van der Waals surface area contributed by atoms with Crippen molar-refractivity contribution in [2.75, 3.05) is 0 Å². The Hall–Kier alpha value is -2.89. The number of hydrogen-bond acceptors (Lipinski definition) is 5. The third-order valence-electron chi connectivity index (χ3n) is 3.83. The molecule has 3 heterocycles. The second-order valence-corrected chi connectivity index (χ2v) is 5.56. The molecule has 1 aliphatic carbocycles. The highest BCUT2D eigenvalue weighted by Gasteiger charge is 2.28. The number of nitrogens with zero attached hydrogens (tertiary/aromatic N) is 2. The Kier molecular flexibility index (Phi) is 3.42. The third-order valence-corrected chi connectivity index (χ3v) is 3.83. The lowest BCUT2D eigenvalue weighted by Gasteiger charge is -2.07. The van der Waals surface area contributed by atoms with Gasteiger partial charge >= 0.3 is 0 Å². The summed E-state index contributed by atoms with van der Waals surface area (Å²) >= 11 is 0. The lowest BCUT2D eigenvalue weighted by Crippen LogP contribution is -2.23. The number of nitrogens with one attached hydrogen (secondary N) is 1. The molecule has 1 N–H and O–H groups in total. The van der Waals surface area contributed by atoms with Crippen LogP contribution in [0, 0.1) is 0 Å². The van der Waals surface area contributed by atoms with E-state index in [0.717, 1.165) is 29.9 Å². The van der Waals surface area contributed by atoms with Crippen molar-refractivity contribution in [3.05, 3.63) is 59.8 Å². The van der Waals surface area contributed by atoms with Gasteiger partial charge in [0.25, 0.3) is 5.91 Å². The Labute approximate surface area is 132 Å². The molecule has 0 radical (unpaired) electrons. The molecular formula is C17H15N3O3. The predicted octanol–water partition coefficient (Wildman–Crippen LogP) is 3.14. The number of hydrogen-bond donors (Lipinski definition) is 1. The zero-order valence-electron chi connectivity index (χ0n) is 12.4. The monoisotopic (exact) mass is 309 g/mol. The Bertz CT molecular complexity index is 819. The number of amides is 1. The molecule has 6 nitrogen and oxygen atoms in total. The van der Waals surface area contributed by atoms with Crippen molar-refractivity contribution >= 4 is 5.91 Å². The fourth-order valence-corrected chi connectivity index (χ4v) is 2.44. The summed E-state index contributed by atoms with van der Waals surface area (Å²) < 4.78 is 10.6. The van der Waals surface area contributed by atoms with Crippen molar-refractivity contribution < 1.29 is 13.7 Å². The van der Waals surface area contributed by atoms with Crippen molar-refractivity contribution in [3.63, 3.8) is 0 Å². The molecule has 0 aliphatic heterocycles. The van der Waals surface area contributed by atoms with E-state index in [9.17, 15) is 4.79 Å². The number of aromatic nitrogens is 2. The van der Waals surface area contributed by atoms with Crippen molar-refractivity contribution in [2.24, 2.45) is 0 Å². The Morgan fingerprint density at radius 1 is 1.30 bits per heavy atom. The summed E-state index contributed by atoms with van der Waals surface area (Å²) in [5.41, 5.74) is 1.91. The van der Waals surface area contributed by atoms with Crippen LogP contribution in [0.15, 0.2) is 51.7 Å². The highest BCUT2D eigenvalue weighted by molar-refractivity contribution is 5.92. The van der Waals surface area contributed by atoms with Crippen LogP contribution in [-0.2, 0) is 6.54 Å². The maximum Gasteiger partial charge on any atom is 0.273 e. The van der Waals surface area contributed by atoms with Gasteiger partial charge in [-0.2, -0.15) is 0 Å². The first-order chi connectivity index (χ1) is 11.3. The molecule has 0 saturated heterocycles. The molecule has 0 spiro atoms. The first kappa shape index (κ1) is 13.8. The molecule has 0 atom stereocenters. The molecule has 1 fully saturated rings. The summed E-state index contributed by atoms with van der Waals surface area (Å²) in [7, 11) is 0. The molecule has 0 bridgehead atoms. The van der Waals surface area contributed by atoms with Crippen LogP contribution in [0.5, 0.6) is 0 Å². The van der Waals surface area contributed by atoms with Gasteiger partial charge in [-0.1, -0.05) is 11.2 Å². The van der Waals surface area contributed by atoms with E-state index in [-0.39, 0.29) is 5.91 Å². The molecule has 23 heavy (non-hydrogen) atoms. The fraction of sp³-hybridized carbons (Fsp3) is 0.235. The van der Waals surface area contributed by atoms with E-state index in [1.165, 1.54) is 0 Å². The minimum absolute atomic E-state index is 0.255. The highest BCUT2D eigenvalue weighted by atomic mass is 16.5. The molecular weight excluding hydrogens is 294 g/mol. The van der Waals surface area contributed by atoms with Gasteiger partial charge in [0.1, 0.15) is 11.5 Å². The van der Waals surface area contributed by atoms with Gasteiger partial charge in [-0.05, 0) is 31.0 Å². The quantitative estimate of drug-likeness (QED) is 0.783. The van der Waals surface area contributed by atoms with Crippen LogP contribution in [0.2, 0.25) is 0 Å². The molecule has 1 amide bonds. The van der Waals surface area contributed by atoms with Gasteiger partial charge in [0, 0.05) is 30.3 Å². The SMILES string of the molecule is O=C(NCc1cccnc1-c1ccco1)c1cc(C2CC2)on1. The predicted molar refractivity (Wildman–Crippen MR) is 81.6 cm³/mol. The summed E-state index contributed by atoms with van der Waals surface area (Å²) in [6.07, 6.45) is 5.51. The molecule has 3 aromatic rings. The lowest BCUT2D eigenvalue weighted by atomic mass is 10.1. The van der Waals surface area contributed by atoms with E-state index >= 15 is 0 Å². The van der Waals surface area contributed by atoms with E-state index in [1.807, 2.05) is 18.2 Å². The van der Waals surface area contributed by atoms with Crippen LogP contribution in [0.25, 0.3) is 11.5 Å². The van der Waals surface area contributed by atoms with Gasteiger partial charge in [-0.15, -0.1) is 0 Å². The topological polar surface area (TPSA) is 81.2 Å². The number of carbonyl (C=O) groups is 1. The average molecular weight is 309 g/mol. The number of pyridine rings is 1. The lowest BCUT2D eigenvalue weighted by molar-refractivity contribution is 0.0941. The Morgan fingerprint density at radius 2 is 2.22 bits per heavy atom. The van der Waals surface area contributed by atoms with Crippen molar-refractivity contribution in [1.29, 1.82) is 0 Å². The van der Waals surface area contributed by atoms with Gasteiger partial charge < -0.3 is 14.3 Å². The molecule has 0 unspecified atom stereocenters. The van der Waals surface area contributed by atoms with E-state index in [1.54, 1.807) is 24.6 Å². The van der Waals surface area contributed by atoms with Crippen molar-refractivity contribution in [2.45, 2.75) is 25.3 Å². The molecule has 1 saturated carbocycles. The summed E-state index contributed by atoms with van der Waals surface area (Å²) in [4.78, 5) is 16.5. The summed E-state index contributed by atoms with van der Waals surface area (Å²) in [6, 6.07) is 9.11.